The molecule has 0 bridgehead atoms. The normalized spacial score (nSPS) is 14.5. The summed E-state index contributed by atoms with van der Waals surface area (Å²) in [6, 6.07) is 0.0509. The van der Waals surface area contributed by atoms with Crippen LogP contribution in [0.15, 0.2) is 0 Å². The van der Waals surface area contributed by atoms with Gasteiger partial charge in [-0.05, 0) is 6.92 Å². The van der Waals surface area contributed by atoms with Gasteiger partial charge in [0.25, 0.3) is 0 Å². The molecule has 0 aromatic carbocycles. The molecule has 0 aliphatic carbocycles. The third-order valence-electron chi connectivity index (χ3n) is 0.359. The molecule has 0 unspecified atom stereocenters. The second-order valence-corrected chi connectivity index (χ2v) is 1.31. The minimum Gasteiger partial charge on any atom is -0.326 e. The van der Waals surface area contributed by atoms with Gasteiger partial charge in [-0.1, -0.05) is 0 Å². The molecule has 0 rings (SSSR count). The Hall–Kier alpha value is -0.120. The first-order chi connectivity index (χ1) is 2.77. The minimum absolute atomic E-state index is 0.0509. The molecular weight excluding hydrogens is 80.0 g/mol. The molecule has 0 aromatic rings. The van der Waals surface area contributed by atoms with Crippen molar-refractivity contribution in [3.63, 3.8) is 0 Å². The zero-order valence-electron chi connectivity index (χ0n) is 3.85. The summed E-state index contributed by atoms with van der Waals surface area (Å²) in [4.78, 5) is 4.18. The number of hydrogen-bond acceptors (Lipinski definition) is 3. The molecule has 3 nitrogen and oxygen atoms in total. The van der Waals surface area contributed by atoms with Crippen LogP contribution in [-0.2, 0) is 4.84 Å². The van der Waals surface area contributed by atoms with Gasteiger partial charge in [0, 0.05) is 6.04 Å². The lowest BCUT2D eigenvalue weighted by Gasteiger charge is -1.97. The van der Waals surface area contributed by atoms with Crippen LogP contribution in [0.5, 0.6) is 0 Å². The van der Waals surface area contributed by atoms with Gasteiger partial charge in [0.2, 0.25) is 0 Å². The van der Waals surface area contributed by atoms with Gasteiger partial charge in [-0.2, -0.15) is 0 Å². The molecule has 0 saturated heterocycles. The lowest BCUT2D eigenvalue weighted by molar-refractivity contribution is 0.128. The molecule has 0 aromatic heterocycles. The first-order valence-corrected chi connectivity index (χ1v) is 1.84. The van der Waals surface area contributed by atoms with Crippen LogP contribution >= 0.6 is 0 Å². The van der Waals surface area contributed by atoms with E-state index >= 15 is 0 Å². The van der Waals surface area contributed by atoms with Gasteiger partial charge in [0.15, 0.2) is 0 Å². The Bertz CT molecular complexity index is 30.0. The first kappa shape index (κ1) is 5.88. The van der Waals surface area contributed by atoms with E-state index in [-0.39, 0.29) is 6.04 Å². The van der Waals surface area contributed by atoms with Gasteiger partial charge in [-0.3, -0.25) is 0 Å². The fourth-order valence-corrected chi connectivity index (χ4v) is 0.152. The fourth-order valence-electron chi connectivity index (χ4n) is 0.152. The van der Waals surface area contributed by atoms with E-state index in [1.165, 1.54) is 0 Å². The summed E-state index contributed by atoms with van der Waals surface area (Å²) in [5.41, 5.74) is 5.20. The quantitative estimate of drug-likeness (QED) is 0.437. The van der Waals surface area contributed by atoms with Crippen LogP contribution in [0.25, 0.3) is 0 Å². The maximum absolute atomic E-state index is 5.20. The zero-order valence-corrected chi connectivity index (χ0v) is 3.85. The summed E-state index contributed by atoms with van der Waals surface area (Å²) < 4.78 is 0. The molecule has 6 heavy (non-hydrogen) atoms. The maximum Gasteiger partial charge on any atom is 0.0827 e. The Kier molecular flexibility index (Phi) is 3.02. The standard InChI is InChI=1S/C3H10N2O/c1-3(4)2-6-5/h3H,2,4-5H2,1H3/t3-/m0/s1. The molecule has 0 aliphatic rings. The molecule has 3 heteroatoms. The molecule has 0 spiro atoms. The molecule has 0 fully saturated rings. The van der Waals surface area contributed by atoms with E-state index in [1.807, 2.05) is 6.92 Å². The minimum atomic E-state index is 0.0509. The average Bonchev–Trinajstić information content (AvgIpc) is 1.35. The fraction of sp³-hybridized carbons (Fsp3) is 1.00. The van der Waals surface area contributed by atoms with Crippen molar-refractivity contribution in [2.24, 2.45) is 11.6 Å². The summed E-state index contributed by atoms with van der Waals surface area (Å²) in [6.45, 7) is 2.26. The monoisotopic (exact) mass is 90.1 g/mol. The predicted molar refractivity (Wildman–Crippen MR) is 23.8 cm³/mol. The SMILES string of the molecule is C[C@H](N)CON. The molecule has 0 radical (unpaired) electrons. The van der Waals surface area contributed by atoms with Crippen molar-refractivity contribution in [2.45, 2.75) is 13.0 Å². The van der Waals surface area contributed by atoms with Crippen molar-refractivity contribution < 1.29 is 4.84 Å². The maximum atomic E-state index is 5.20. The van der Waals surface area contributed by atoms with Gasteiger partial charge in [-0.25, -0.2) is 5.90 Å². The van der Waals surface area contributed by atoms with E-state index in [0.29, 0.717) is 6.61 Å². The van der Waals surface area contributed by atoms with Gasteiger partial charge >= 0.3 is 0 Å². The van der Waals surface area contributed by atoms with E-state index in [0.717, 1.165) is 0 Å². The van der Waals surface area contributed by atoms with Crippen molar-refractivity contribution in [3.8, 4) is 0 Å². The van der Waals surface area contributed by atoms with E-state index in [2.05, 4.69) is 10.7 Å². The number of nitrogens with two attached hydrogens (primary N) is 2. The van der Waals surface area contributed by atoms with Crippen LogP contribution in [-0.4, -0.2) is 12.6 Å². The molecule has 0 heterocycles. The Balaban J connectivity index is 2.63. The van der Waals surface area contributed by atoms with Crippen LogP contribution in [0.3, 0.4) is 0 Å². The average molecular weight is 90.1 g/mol. The third-order valence-corrected chi connectivity index (χ3v) is 0.359. The van der Waals surface area contributed by atoms with Crippen LogP contribution in [0.1, 0.15) is 6.92 Å². The molecule has 0 amide bonds. The molecule has 0 saturated carbocycles. The van der Waals surface area contributed by atoms with Gasteiger partial charge in [0.1, 0.15) is 0 Å². The summed E-state index contributed by atoms with van der Waals surface area (Å²) in [5.74, 6) is 4.65. The third kappa shape index (κ3) is 3.88. The van der Waals surface area contributed by atoms with E-state index in [9.17, 15) is 0 Å². The van der Waals surface area contributed by atoms with E-state index in [4.69, 9.17) is 5.73 Å². The summed E-state index contributed by atoms with van der Waals surface area (Å²) >= 11 is 0. The highest BCUT2D eigenvalue weighted by molar-refractivity contribution is 4.45. The Morgan fingerprint density at radius 3 is 2.33 bits per heavy atom. The van der Waals surface area contributed by atoms with Crippen molar-refractivity contribution in [1.82, 2.24) is 0 Å². The highest BCUT2D eigenvalue weighted by atomic mass is 16.6. The first-order valence-electron chi connectivity index (χ1n) is 1.84. The van der Waals surface area contributed by atoms with Crippen LogP contribution < -0.4 is 11.6 Å². The molecule has 1 atom stereocenters. The van der Waals surface area contributed by atoms with Crippen molar-refractivity contribution >= 4 is 0 Å². The Morgan fingerprint density at radius 1 is 1.83 bits per heavy atom. The lowest BCUT2D eigenvalue weighted by atomic mass is 10.4. The molecule has 38 valence electrons. The lowest BCUT2D eigenvalue weighted by Crippen LogP contribution is -2.23. The molecule has 4 N–H and O–H groups in total. The second-order valence-electron chi connectivity index (χ2n) is 1.31. The summed E-state index contributed by atoms with van der Waals surface area (Å²) in [7, 11) is 0. The summed E-state index contributed by atoms with van der Waals surface area (Å²) in [5, 5.41) is 0. The Morgan fingerprint density at radius 2 is 2.33 bits per heavy atom. The van der Waals surface area contributed by atoms with Crippen molar-refractivity contribution in [2.75, 3.05) is 6.61 Å². The zero-order chi connectivity index (χ0) is 4.99. The van der Waals surface area contributed by atoms with E-state index < -0.39 is 0 Å². The highest BCUT2D eigenvalue weighted by Crippen LogP contribution is 1.68. The molecule has 0 aliphatic heterocycles. The number of rotatable bonds is 2. The van der Waals surface area contributed by atoms with Gasteiger partial charge in [0.05, 0.1) is 6.61 Å². The largest absolute Gasteiger partial charge is 0.326 e. The van der Waals surface area contributed by atoms with E-state index in [1.54, 1.807) is 0 Å². The van der Waals surface area contributed by atoms with Gasteiger partial charge in [-0.15, -0.1) is 0 Å². The number of hydrogen-bond donors (Lipinski definition) is 2. The topological polar surface area (TPSA) is 61.3 Å². The second kappa shape index (κ2) is 3.08. The smallest absolute Gasteiger partial charge is 0.0827 e. The van der Waals surface area contributed by atoms with Crippen LogP contribution in [0, 0.1) is 0 Å². The molecular formula is C3H10N2O. The van der Waals surface area contributed by atoms with Gasteiger partial charge < -0.3 is 10.6 Å². The van der Waals surface area contributed by atoms with Crippen molar-refractivity contribution in [1.29, 1.82) is 0 Å². The summed E-state index contributed by atoms with van der Waals surface area (Å²) in [6.07, 6.45) is 0. The van der Waals surface area contributed by atoms with Crippen molar-refractivity contribution in [3.05, 3.63) is 0 Å². The van der Waals surface area contributed by atoms with Crippen LogP contribution in [0.2, 0.25) is 0 Å². The van der Waals surface area contributed by atoms with Crippen LogP contribution in [0.4, 0.5) is 0 Å². The Labute approximate surface area is 37.2 Å². The predicted octanol–water partition coefficient (Wildman–Crippen LogP) is -0.776. The highest BCUT2D eigenvalue weighted by Gasteiger charge is 1.86.